The fourth-order valence-electron chi connectivity index (χ4n) is 2.75. The van der Waals surface area contributed by atoms with Gasteiger partial charge in [-0.1, -0.05) is 24.3 Å². The Morgan fingerprint density at radius 3 is 2.47 bits per heavy atom. The van der Waals surface area contributed by atoms with E-state index in [-0.39, 0.29) is 4.90 Å². The number of methoxy groups -OCH3 is 1. The zero-order valence-corrected chi connectivity index (χ0v) is 18.5. The molecule has 0 saturated heterocycles. The molecule has 4 N–H and O–H groups in total. The number of rotatable bonds is 10. The van der Waals surface area contributed by atoms with E-state index in [0.717, 1.165) is 22.4 Å². The standard InChI is InChI=1S/C21H30N4O4S/c1-16-4-7-18(20(14-16)29-13-12-28-3)15-25-21(23-2)24-11-10-17-5-8-19(9-6-17)30(22,26)27/h4-9,14H,10-13,15H2,1-3H3,(H2,22,26,27)(H2,23,24,25). The molecule has 0 spiro atoms. The van der Waals surface area contributed by atoms with Crippen LogP contribution in [-0.2, 0) is 27.7 Å². The van der Waals surface area contributed by atoms with E-state index >= 15 is 0 Å². The van der Waals surface area contributed by atoms with Crippen LogP contribution in [-0.4, -0.2) is 48.3 Å². The minimum absolute atomic E-state index is 0.110. The number of hydrogen-bond acceptors (Lipinski definition) is 5. The Kier molecular flexibility index (Phi) is 9.10. The number of nitrogens with two attached hydrogens (primary N) is 1. The maximum Gasteiger partial charge on any atom is 0.238 e. The molecule has 0 saturated carbocycles. The highest BCUT2D eigenvalue weighted by molar-refractivity contribution is 7.89. The SMILES string of the molecule is CN=C(NCCc1ccc(S(N)(=O)=O)cc1)NCc1ccc(C)cc1OCCOC. The third-order valence-electron chi connectivity index (χ3n) is 4.40. The van der Waals surface area contributed by atoms with Crippen molar-refractivity contribution in [2.24, 2.45) is 10.1 Å². The predicted molar refractivity (Wildman–Crippen MR) is 118 cm³/mol. The minimum atomic E-state index is -3.67. The Hall–Kier alpha value is -2.62. The first-order chi connectivity index (χ1) is 14.3. The fraction of sp³-hybridized carbons (Fsp3) is 0.381. The van der Waals surface area contributed by atoms with Crippen molar-refractivity contribution in [3.63, 3.8) is 0 Å². The first-order valence-electron chi connectivity index (χ1n) is 9.61. The van der Waals surface area contributed by atoms with E-state index in [2.05, 4.69) is 15.6 Å². The predicted octanol–water partition coefficient (Wildman–Crippen LogP) is 1.58. The van der Waals surface area contributed by atoms with E-state index in [1.54, 1.807) is 26.3 Å². The molecule has 0 amide bonds. The number of hydrogen-bond donors (Lipinski definition) is 3. The molecule has 0 radical (unpaired) electrons. The number of sulfonamides is 1. The maximum atomic E-state index is 11.3. The second kappa shape index (κ2) is 11.5. The van der Waals surface area contributed by atoms with Crippen LogP contribution in [0.25, 0.3) is 0 Å². The molecule has 0 aromatic heterocycles. The lowest BCUT2D eigenvalue weighted by molar-refractivity contribution is 0.145. The molecule has 9 heteroatoms. The lowest BCUT2D eigenvalue weighted by Gasteiger charge is -2.15. The van der Waals surface area contributed by atoms with Crippen molar-refractivity contribution in [3.8, 4) is 5.75 Å². The van der Waals surface area contributed by atoms with Gasteiger partial charge in [0.25, 0.3) is 0 Å². The molecule has 0 unspecified atom stereocenters. The molecule has 2 rings (SSSR count). The molecule has 0 fully saturated rings. The quantitative estimate of drug-likeness (QED) is 0.297. The van der Waals surface area contributed by atoms with Crippen LogP contribution < -0.4 is 20.5 Å². The Morgan fingerprint density at radius 2 is 1.83 bits per heavy atom. The summed E-state index contributed by atoms with van der Waals surface area (Å²) in [7, 11) is -0.312. The van der Waals surface area contributed by atoms with Crippen molar-refractivity contribution in [1.29, 1.82) is 0 Å². The van der Waals surface area contributed by atoms with E-state index in [1.165, 1.54) is 12.1 Å². The summed E-state index contributed by atoms with van der Waals surface area (Å²) >= 11 is 0. The summed E-state index contributed by atoms with van der Waals surface area (Å²) in [5.41, 5.74) is 3.15. The Labute approximate surface area is 178 Å². The number of ether oxygens (including phenoxy) is 2. The highest BCUT2D eigenvalue weighted by Gasteiger charge is 2.08. The fourth-order valence-corrected chi connectivity index (χ4v) is 3.26. The molecule has 2 aromatic rings. The van der Waals surface area contributed by atoms with Crippen LogP contribution >= 0.6 is 0 Å². The average molecular weight is 435 g/mol. The number of nitrogens with one attached hydrogen (secondary N) is 2. The molecular formula is C21H30N4O4S. The molecule has 0 aliphatic rings. The normalized spacial score (nSPS) is 11.9. The van der Waals surface area contributed by atoms with E-state index in [9.17, 15) is 8.42 Å². The first-order valence-corrected chi connectivity index (χ1v) is 11.2. The van der Waals surface area contributed by atoms with Crippen molar-refractivity contribution >= 4 is 16.0 Å². The van der Waals surface area contributed by atoms with Gasteiger partial charge < -0.3 is 20.1 Å². The number of aliphatic imine (C=N–C) groups is 1. The smallest absolute Gasteiger partial charge is 0.238 e. The van der Waals surface area contributed by atoms with Crippen LogP contribution in [0.4, 0.5) is 0 Å². The molecule has 8 nitrogen and oxygen atoms in total. The topological polar surface area (TPSA) is 115 Å². The van der Waals surface area contributed by atoms with Gasteiger partial charge in [-0.05, 0) is 42.7 Å². The van der Waals surface area contributed by atoms with Gasteiger partial charge in [-0.2, -0.15) is 0 Å². The van der Waals surface area contributed by atoms with E-state index < -0.39 is 10.0 Å². The second-order valence-corrected chi connectivity index (χ2v) is 8.31. The lowest BCUT2D eigenvalue weighted by Crippen LogP contribution is -2.38. The maximum absolute atomic E-state index is 11.3. The molecule has 0 aliphatic heterocycles. The molecule has 0 aliphatic carbocycles. The van der Waals surface area contributed by atoms with Crippen molar-refractivity contribution in [2.45, 2.75) is 24.8 Å². The summed E-state index contributed by atoms with van der Waals surface area (Å²) < 4.78 is 33.5. The van der Waals surface area contributed by atoms with Crippen molar-refractivity contribution in [3.05, 3.63) is 59.2 Å². The van der Waals surface area contributed by atoms with Gasteiger partial charge in [0, 0.05) is 32.8 Å². The summed E-state index contributed by atoms with van der Waals surface area (Å²) in [5.74, 6) is 1.49. The Balaban J connectivity index is 1.86. The summed E-state index contributed by atoms with van der Waals surface area (Å²) in [5, 5.41) is 11.7. The molecular weight excluding hydrogens is 404 g/mol. The third-order valence-corrected chi connectivity index (χ3v) is 5.32. The van der Waals surface area contributed by atoms with Crippen LogP contribution in [0.3, 0.4) is 0 Å². The van der Waals surface area contributed by atoms with Gasteiger partial charge in [0.05, 0.1) is 11.5 Å². The molecule has 0 heterocycles. The van der Waals surface area contributed by atoms with Crippen molar-refractivity contribution in [1.82, 2.24) is 10.6 Å². The van der Waals surface area contributed by atoms with Crippen LogP contribution in [0.2, 0.25) is 0 Å². The van der Waals surface area contributed by atoms with E-state index in [0.29, 0.717) is 38.7 Å². The summed E-state index contributed by atoms with van der Waals surface area (Å²) in [6, 6.07) is 12.6. The molecule has 0 atom stereocenters. The van der Waals surface area contributed by atoms with Gasteiger partial charge in [0.15, 0.2) is 5.96 Å². The lowest BCUT2D eigenvalue weighted by atomic mass is 10.1. The zero-order chi connectivity index (χ0) is 22.0. The number of aryl methyl sites for hydroxylation is 1. The van der Waals surface area contributed by atoms with Gasteiger partial charge in [0.1, 0.15) is 12.4 Å². The van der Waals surface area contributed by atoms with Crippen molar-refractivity contribution in [2.75, 3.05) is 33.9 Å². The van der Waals surface area contributed by atoms with Gasteiger partial charge in [-0.15, -0.1) is 0 Å². The van der Waals surface area contributed by atoms with Gasteiger partial charge >= 0.3 is 0 Å². The number of guanidine groups is 1. The number of benzene rings is 2. The van der Waals surface area contributed by atoms with Crippen LogP contribution in [0.1, 0.15) is 16.7 Å². The monoisotopic (exact) mass is 434 g/mol. The van der Waals surface area contributed by atoms with Gasteiger partial charge in [-0.3, -0.25) is 4.99 Å². The first kappa shape index (κ1) is 23.7. The summed E-state index contributed by atoms with van der Waals surface area (Å²) in [6.07, 6.45) is 0.710. The van der Waals surface area contributed by atoms with Crippen LogP contribution in [0.15, 0.2) is 52.4 Å². The molecule has 2 aromatic carbocycles. The average Bonchev–Trinajstić information content (AvgIpc) is 2.71. The Bertz CT molecular complexity index is 944. The van der Waals surface area contributed by atoms with Gasteiger partial charge in [0.2, 0.25) is 10.0 Å². The van der Waals surface area contributed by atoms with Crippen molar-refractivity contribution < 1.29 is 17.9 Å². The molecule has 0 bridgehead atoms. The van der Waals surface area contributed by atoms with Crippen LogP contribution in [0.5, 0.6) is 5.75 Å². The summed E-state index contributed by atoms with van der Waals surface area (Å²) in [6.45, 7) is 4.24. The van der Waals surface area contributed by atoms with E-state index in [1.807, 2.05) is 25.1 Å². The summed E-state index contributed by atoms with van der Waals surface area (Å²) in [4.78, 5) is 4.35. The third kappa shape index (κ3) is 7.66. The number of primary sulfonamides is 1. The second-order valence-electron chi connectivity index (χ2n) is 6.74. The highest BCUT2D eigenvalue weighted by atomic mass is 32.2. The number of nitrogens with zero attached hydrogens (tertiary/aromatic N) is 1. The minimum Gasteiger partial charge on any atom is -0.491 e. The van der Waals surface area contributed by atoms with E-state index in [4.69, 9.17) is 14.6 Å². The van der Waals surface area contributed by atoms with Gasteiger partial charge in [-0.25, -0.2) is 13.6 Å². The van der Waals surface area contributed by atoms with Crippen LogP contribution in [0, 0.1) is 6.92 Å². The Morgan fingerprint density at radius 1 is 1.10 bits per heavy atom. The molecule has 30 heavy (non-hydrogen) atoms. The highest BCUT2D eigenvalue weighted by Crippen LogP contribution is 2.20. The largest absolute Gasteiger partial charge is 0.491 e. The zero-order valence-electron chi connectivity index (χ0n) is 17.6. The molecule has 164 valence electrons.